The van der Waals surface area contributed by atoms with Gasteiger partial charge in [0.2, 0.25) is 0 Å². The van der Waals surface area contributed by atoms with Gasteiger partial charge in [-0.15, -0.1) is 0 Å². The Kier molecular flexibility index (Phi) is 3.98. The molecule has 1 unspecified atom stereocenters. The van der Waals surface area contributed by atoms with E-state index >= 15 is 0 Å². The number of hydrogen-bond acceptors (Lipinski definition) is 5. The zero-order valence-electron chi connectivity index (χ0n) is 12.6. The van der Waals surface area contributed by atoms with Gasteiger partial charge in [0.25, 0.3) is 0 Å². The third-order valence-corrected chi connectivity index (χ3v) is 4.16. The van der Waals surface area contributed by atoms with Crippen molar-refractivity contribution >= 4 is 17.8 Å². The van der Waals surface area contributed by atoms with Gasteiger partial charge in [0.15, 0.2) is 5.78 Å². The standard InChI is InChI=1S/C17H19NO4/c1-21-16(20)6-4-12-3-5-15-13(9-12)14(19)10-17(22-15)7-2-8-18-11-17/h3-6,9,18H,2,7-8,10-11H2,1H3/b6-4+. The van der Waals surface area contributed by atoms with Gasteiger partial charge in [0.05, 0.1) is 19.1 Å². The van der Waals surface area contributed by atoms with E-state index in [1.54, 1.807) is 18.2 Å². The number of hydrogen-bond donors (Lipinski definition) is 1. The number of benzene rings is 1. The van der Waals surface area contributed by atoms with Crippen LogP contribution in [-0.2, 0) is 9.53 Å². The third kappa shape index (κ3) is 2.90. The summed E-state index contributed by atoms with van der Waals surface area (Å²) in [6.45, 7) is 1.69. The molecule has 1 aromatic rings. The van der Waals surface area contributed by atoms with Crippen LogP contribution in [0.3, 0.4) is 0 Å². The van der Waals surface area contributed by atoms with E-state index in [2.05, 4.69) is 10.1 Å². The summed E-state index contributed by atoms with van der Waals surface area (Å²) in [7, 11) is 1.33. The summed E-state index contributed by atoms with van der Waals surface area (Å²) in [5.41, 5.74) is 0.966. The summed E-state index contributed by atoms with van der Waals surface area (Å²) in [6.07, 6.45) is 5.28. The van der Waals surface area contributed by atoms with Gasteiger partial charge in [0.1, 0.15) is 11.4 Å². The fourth-order valence-corrected chi connectivity index (χ4v) is 3.03. The number of carbonyl (C=O) groups is 2. The van der Waals surface area contributed by atoms with Gasteiger partial charge in [-0.05, 0) is 43.2 Å². The topological polar surface area (TPSA) is 64.6 Å². The predicted octanol–water partition coefficient (Wildman–Crippen LogP) is 1.96. The number of piperidine rings is 1. The zero-order chi connectivity index (χ0) is 15.6. The largest absolute Gasteiger partial charge is 0.485 e. The van der Waals surface area contributed by atoms with Crippen LogP contribution in [0.4, 0.5) is 0 Å². The summed E-state index contributed by atoms with van der Waals surface area (Å²) in [5.74, 6) is 0.306. The number of nitrogens with one attached hydrogen (secondary N) is 1. The van der Waals surface area contributed by atoms with Gasteiger partial charge in [-0.2, -0.15) is 0 Å². The quantitative estimate of drug-likeness (QED) is 0.668. The number of Topliss-reactive ketones (excluding diaryl/α,β-unsaturated/α-hetero) is 1. The first-order valence-corrected chi connectivity index (χ1v) is 7.45. The van der Waals surface area contributed by atoms with Crippen LogP contribution in [0.25, 0.3) is 6.08 Å². The van der Waals surface area contributed by atoms with Crippen LogP contribution >= 0.6 is 0 Å². The molecule has 1 spiro atoms. The maximum atomic E-state index is 12.5. The normalized spacial score (nSPS) is 24.1. The number of ketones is 1. The number of methoxy groups -OCH3 is 1. The molecular weight excluding hydrogens is 282 g/mol. The van der Waals surface area contributed by atoms with Crippen LogP contribution in [0.1, 0.15) is 35.2 Å². The first-order valence-electron chi connectivity index (χ1n) is 7.45. The highest BCUT2D eigenvalue weighted by molar-refractivity contribution is 6.01. The van der Waals surface area contributed by atoms with Gasteiger partial charge in [-0.3, -0.25) is 4.79 Å². The van der Waals surface area contributed by atoms with Crippen LogP contribution in [0.15, 0.2) is 24.3 Å². The molecule has 2 aliphatic rings. The van der Waals surface area contributed by atoms with Crippen molar-refractivity contribution in [2.45, 2.75) is 24.9 Å². The lowest BCUT2D eigenvalue weighted by molar-refractivity contribution is -0.134. The highest BCUT2D eigenvalue weighted by Gasteiger charge is 2.41. The third-order valence-electron chi connectivity index (χ3n) is 4.16. The van der Waals surface area contributed by atoms with E-state index < -0.39 is 11.6 Å². The Morgan fingerprint density at radius 3 is 3.05 bits per heavy atom. The summed E-state index contributed by atoms with van der Waals surface area (Å²) in [4.78, 5) is 23.6. The Bertz CT molecular complexity index is 630. The van der Waals surface area contributed by atoms with Crippen molar-refractivity contribution in [3.8, 4) is 5.75 Å². The Labute approximate surface area is 129 Å². The minimum absolute atomic E-state index is 0.0956. The van der Waals surface area contributed by atoms with Crippen LogP contribution < -0.4 is 10.1 Å². The fraction of sp³-hybridized carbons (Fsp3) is 0.412. The second kappa shape index (κ2) is 5.93. The van der Waals surface area contributed by atoms with E-state index in [9.17, 15) is 9.59 Å². The molecule has 0 bridgehead atoms. The monoisotopic (exact) mass is 301 g/mol. The van der Waals surface area contributed by atoms with E-state index in [1.807, 2.05) is 6.07 Å². The minimum Gasteiger partial charge on any atom is -0.485 e. The lowest BCUT2D eigenvalue weighted by Crippen LogP contribution is -2.53. The molecule has 1 aromatic carbocycles. The predicted molar refractivity (Wildman–Crippen MR) is 81.9 cm³/mol. The number of rotatable bonds is 2. The number of fused-ring (bicyclic) bond motifs is 1. The first kappa shape index (κ1) is 14.8. The van der Waals surface area contributed by atoms with Gasteiger partial charge >= 0.3 is 5.97 Å². The SMILES string of the molecule is COC(=O)/C=C/c1ccc2c(c1)C(=O)CC1(CCCNC1)O2. The van der Waals surface area contributed by atoms with Crippen molar-refractivity contribution in [1.82, 2.24) is 5.32 Å². The van der Waals surface area contributed by atoms with E-state index in [0.29, 0.717) is 24.3 Å². The summed E-state index contributed by atoms with van der Waals surface area (Å²) >= 11 is 0. The van der Waals surface area contributed by atoms with E-state index in [4.69, 9.17) is 4.74 Å². The molecule has 1 saturated heterocycles. The smallest absolute Gasteiger partial charge is 0.330 e. The molecule has 1 atom stereocenters. The molecule has 2 aliphatic heterocycles. The van der Waals surface area contributed by atoms with Gasteiger partial charge in [0, 0.05) is 12.6 Å². The molecule has 22 heavy (non-hydrogen) atoms. The van der Waals surface area contributed by atoms with Crippen LogP contribution in [-0.4, -0.2) is 37.6 Å². The maximum Gasteiger partial charge on any atom is 0.330 e. The van der Waals surface area contributed by atoms with Gasteiger partial charge in [-0.25, -0.2) is 4.79 Å². The van der Waals surface area contributed by atoms with Gasteiger partial charge < -0.3 is 14.8 Å². The minimum atomic E-state index is -0.424. The number of ether oxygens (including phenoxy) is 2. The molecule has 3 rings (SSSR count). The second-order valence-electron chi connectivity index (χ2n) is 5.78. The van der Waals surface area contributed by atoms with Crippen molar-refractivity contribution in [3.05, 3.63) is 35.4 Å². The van der Waals surface area contributed by atoms with Crippen molar-refractivity contribution < 1.29 is 19.1 Å². The van der Waals surface area contributed by atoms with Crippen molar-refractivity contribution in [1.29, 1.82) is 0 Å². The molecule has 0 radical (unpaired) electrons. The van der Waals surface area contributed by atoms with Gasteiger partial charge in [-0.1, -0.05) is 6.07 Å². The van der Waals surface area contributed by atoms with Crippen LogP contribution in [0.2, 0.25) is 0 Å². The van der Waals surface area contributed by atoms with Crippen LogP contribution in [0, 0.1) is 0 Å². The molecule has 0 saturated carbocycles. The van der Waals surface area contributed by atoms with Crippen LogP contribution in [0.5, 0.6) is 5.75 Å². The average molecular weight is 301 g/mol. The molecule has 5 heteroatoms. The molecule has 1 N–H and O–H groups in total. The molecule has 5 nitrogen and oxygen atoms in total. The molecule has 116 valence electrons. The molecule has 2 heterocycles. The lowest BCUT2D eigenvalue weighted by Gasteiger charge is -2.40. The van der Waals surface area contributed by atoms with Crippen molar-refractivity contribution in [3.63, 3.8) is 0 Å². The molecule has 1 fully saturated rings. The summed E-state index contributed by atoms with van der Waals surface area (Å²) < 4.78 is 10.7. The molecule has 0 aromatic heterocycles. The van der Waals surface area contributed by atoms with Crippen molar-refractivity contribution in [2.75, 3.05) is 20.2 Å². The molecule has 0 amide bonds. The second-order valence-corrected chi connectivity index (χ2v) is 5.78. The van der Waals surface area contributed by atoms with E-state index in [1.165, 1.54) is 13.2 Å². The molecular formula is C17H19NO4. The highest BCUT2D eigenvalue weighted by Crippen LogP contribution is 2.37. The zero-order valence-corrected chi connectivity index (χ0v) is 12.6. The Hall–Kier alpha value is -2.14. The number of esters is 1. The summed E-state index contributed by atoms with van der Waals surface area (Å²) in [5, 5.41) is 3.31. The Balaban J connectivity index is 1.85. The average Bonchev–Trinajstić information content (AvgIpc) is 2.53. The first-order chi connectivity index (χ1) is 10.6. The fourth-order valence-electron chi connectivity index (χ4n) is 3.03. The maximum absolute atomic E-state index is 12.5. The lowest BCUT2D eigenvalue weighted by atomic mass is 9.84. The van der Waals surface area contributed by atoms with E-state index in [-0.39, 0.29) is 5.78 Å². The highest BCUT2D eigenvalue weighted by atomic mass is 16.5. The number of carbonyl (C=O) groups excluding carboxylic acids is 2. The molecule has 0 aliphatic carbocycles. The summed E-state index contributed by atoms with van der Waals surface area (Å²) in [6, 6.07) is 5.40. The van der Waals surface area contributed by atoms with E-state index in [0.717, 1.165) is 24.9 Å². The Morgan fingerprint density at radius 1 is 1.45 bits per heavy atom. The Morgan fingerprint density at radius 2 is 2.32 bits per heavy atom. The van der Waals surface area contributed by atoms with Crippen molar-refractivity contribution in [2.24, 2.45) is 0 Å².